The summed E-state index contributed by atoms with van der Waals surface area (Å²) in [5.74, 6) is 2.26. The Balaban J connectivity index is 2.51. The van der Waals surface area contributed by atoms with E-state index >= 15 is 0 Å². The fourth-order valence-corrected chi connectivity index (χ4v) is 2.32. The second-order valence-electron chi connectivity index (χ2n) is 4.63. The highest BCUT2D eigenvalue weighted by molar-refractivity contribution is 7.98. The molecule has 0 saturated heterocycles. The molecule has 1 aromatic rings. The van der Waals surface area contributed by atoms with Crippen molar-refractivity contribution in [3.63, 3.8) is 0 Å². The fraction of sp³-hybridized carbons (Fsp3) is 0.571. The number of nitrogens with zero attached hydrogens (tertiary/aromatic N) is 1. The molecule has 0 aromatic carbocycles. The minimum absolute atomic E-state index is 0.0325. The van der Waals surface area contributed by atoms with Gasteiger partial charge < -0.3 is 10.6 Å². The Kier molecular flexibility index (Phi) is 7.33. The van der Waals surface area contributed by atoms with Gasteiger partial charge in [-0.05, 0) is 36.5 Å². The maximum absolute atomic E-state index is 12.0. The van der Waals surface area contributed by atoms with Crippen LogP contribution in [0.25, 0.3) is 0 Å². The number of thioether (sulfide) groups is 1. The molecule has 106 valence electrons. The standard InChI is InChI=1S/C14H23N3OS/c1-4-6-15-13-8-12(5-7-16-13)14(18)17-9-11(2)10-19-3/h5,7-8,11H,4,6,9-10H2,1-3H3,(H,15,16)(H,17,18). The van der Waals surface area contributed by atoms with Crippen molar-refractivity contribution in [3.05, 3.63) is 23.9 Å². The van der Waals surface area contributed by atoms with Crippen molar-refractivity contribution in [3.8, 4) is 0 Å². The van der Waals surface area contributed by atoms with Gasteiger partial charge in [0.2, 0.25) is 0 Å². The van der Waals surface area contributed by atoms with Crippen molar-refractivity contribution in [2.45, 2.75) is 20.3 Å². The van der Waals surface area contributed by atoms with E-state index in [1.54, 1.807) is 30.1 Å². The van der Waals surface area contributed by atoms with Crippen molar-refractivity contribution in [1.29, 1.82) is 0 Å². The topological polar surface area (TPSA) is 54.0 Å². The number of aromatic nitrogens is 1. The Morgan fingerprint density at radius 3 is 3.00 bits per heavy atom. The average molecular weight is 281 g/mol. The lowest BCUT2D eigenvalue weighted by molar-refractivity contribution is 0.0949. The van der Waals surface area contributed by atoms with E-state index in [9.17, 15) is 4.79 Å². The number of nitrogens with one attached hydrogen (secondary N) is 2. The van der Waals surface area contributed by atoms with Crippen LogP contribution < -0.4 is 10.6 Å². The van der Waals surface area contributed by atoms with Crippen LogP contribution in [0.15, 0.2) is 18.3 Å². The molecule has 0 aliphatic carbocycles. The SMILES string of the molecule is CCCNc1cc(C(=O)NCC(C)CSC)ccn1. The van der Waals surface area contributed by atoms with E-state index < -0.39 is 0 Å². The third-order valence-corrected chi connectivity index (χ3v) is 3.54. The first-order valence-electron chi connectivity index (χ1n) is 6.64. The van der Waals surface area contributed by atoms with E-state index in [-0.39, 0.29) is 5.91 Å². The molecular formula is C14H23N3OS. The van der Waals surface area contributed by atoms with E-state index in [1.165, 1.54) is 0 Å². The normalized spacial score (nSPS) is 11.9. The zero-order chi connectivity index (χ0) is 14.1. The number of carbonyl (C=O) groups is 1. The van der Waals surface area contributed by atoms with Crippen LogP contribution >= 0.6 is 11.8 Å². The Morgan fingerprint density at radius 1 is 1.53 bits per heavy atom. The molecule has 1 amide bonds. The monoisotopic (exact) mass is 281 g/mol. The Labute approximate surface area is 119 Å². The second-order valence-corrected chi connectivity index (χ2v) is 5.54. The van der Waals surface area contributed by atoms with Crippen molar-refractivity contribution in [1.82, 2.24) is 10.3 Å². The first kappa shape index (κ1) is 15.8. The van der Waals surface area contributed by atoms with E-state index in [0.717, 1.165) is 24.5 Å². The lowest BCUT2D eigenvalue weighted by Crippen LogP contribution is -2.29. The molecule has 0 saturated carbocycles. The van der Waals surface area contributed by atoms with Crippen LogP contribution in [0, 0.1) is 5.92 Å². The molecule has 0 bridgehead atoms. The molecule has 19 heavy (non-hydrogen) atoms. The summed E-state index contributed by atoms with van der Waals surface area (Å²) in [6.45, 7) is 5.80. The van der Waals surface area contributed by atoms with Crippen LogP contribution in [0.1, 0.15) is 30.6 Å². The predicted molar refractivity (Wildman–Crippen MR) is 82.9 cm³/mol. The molecule has 2 N–H and O–H groups in total. The van der Waals surface area contributed by atoms with E-state index in [1.807, 2.05) is 0 Å². The van der Waals surface area contributed by atoms with Crippen molar-refractivity contribution in [2.24, 2.45) is 5.92 Å². The summed E-state index contributed by atoms with van der Waals surface area (Å²) in [5, 5.41) is 6.14. The molecule has 0 aliphatic rings. The number of amides is 1. The molecule has 0 aliphatic heterocycles. The number of carbonyl (C=O) groups excluding carboxylic acids is 1. The van der Waals surface area contributed by atoms with Gasteiger partial charge in [0.25, 0.3) is 5.91 Å². The highest BCUT2D eigenvalue weighted by Crippen LogP contribution is 2.08. The molecule has 1 aromatic heterocycles. The van der Waals surface area contributed by atoms with Crippen molar-refractivity contribution < 1.29 is 4.79 Å². The molecule has 1 rings (SSSR count). The Morgan fingerprint density at radius 2 is 2.32 bits per heavy atom. The summed E-state index contributed by atoms with van der Waals surface area (Å²) >= 11 is 1.80. The zero-order valence-corrected chi connectivity index (χ0v) is 12.7. The smallest absolute Gasteiger partial charge is 0.251 e. The lowest BCUT2D eigenvalue weighted by atomic mass is 10.2. The molecule has 0 spiro atoms. The molecule has 1 unspecified atom stereocenters. The number of pyridine rings is 1. The van der Waals surface area contributed by atoms with Crippen LogP contribution in [0.3, 0.4) is 0 Å². The van der Waals surface area contributed by atoms with Gasteiger partial charge in [-0.15, -0.1) is 0 Å². The van der Waals surface area contributed by atoms with Gasteiger partial charge in [0.1, 0.15) is 5.82 Å². The summed E-state index contributed by atoms with van der Waals surface area (Å²) in [5.41, 5.74) is 0.657. The summed E-state index contributed by atoms with van der Waals surface area (Å²) in [4.78, 5) is 16.2. The fourth-order valence-electron chi connectivity index (χ4n) is 1.63. The third kappa shape index (κ3) is 5.96. The van der Waals surface area contributed by atoms with Crippen molar-refractivity contribution >= 4 is 23.5 Å². The quantitative estimate of drug-likeness (QED) is 0.769. The third-order valence-electron chi connectivity index (χ3n) is 2.64. The van der Waals surface area contributed by atoms with E-state index in [2.05, 4.69) is 35.7 Å². The molecule has 4 nitrogen and oxygen atoms in total. The van der Waals surface area contributed by atoms with Gasteiger partial charge in [0.05, 0.1) is 0 Å². The predicted octanol–water partition coefficient (Wildman–Crippen LogP) is 2.63. The number of anilines is 1. The van der Waals surface area contributed by atoms with Gasteiger partial charge in [0.15, 0.2) is 0 Å². The Hall–Kier alpha value is -1.23. The number of rotatable bonds is 8. The highest BCUT2D eigenvalue weighted by atomic mass is 32.2. The van der Waals surface area contributed by atoms with Gasteiger partial charge in [-0.3, -0.25) is 4.79 Å². The molecular weight excluding hydrogens is 258 g/mol. The summed E-state index contributed by atoms with van der Waals surface area (Å²) in [7, 11) is 0. The summed E-state index contributed by atoms with van der Waals surface area (Å²) in [6.07, 6.45) is 4.77. The molecule has 1 heterocycles. The number of hydrogen-bond donors (Lipinski definition) is 2. The van der Waals surface area contributed by atoms with Crippen LogP contribution in [0.4, 0.5) is 5.82 Å². The molecule has 1 atom stereocenters. The highest BCUT2D eigenvalue weighted by Gasteiger charge is 2.08. The summed E-state index contributed by atoms with van der Waals surface area (Å²) in [6, 6.07) is 3.54. The molecule has 0 fully saturated rings. The van der Waals surface area contributed by atoms with E-state index in [4.69, 9.17) is 0 Å². The minimum atomic E-state index is -0.0325. The minimum Gasteiger partial charge on any atom is -0.370 e. The number of hydrogen-bond acceptors (Lipinski definition) is 4. The first-order chi connectivity index (χ1) is 9.17. The first-order valence-corrected chi connectivity index (χ1v) is 8.03. The Bertz CT molecular complexity index is 398. The maximum Gasteiger partial charge on any atom is 0.251 e. The van der Waals surface area contributed by atoms with Gasteiger partial charge >= 0.3 is 0 Å². The maximum atomic E-state index is 12.0. The van der Waals surface area contributed by atoms with Crippen LogP contribution in [0.2, 0.25) is 0 Å². The second kappa shape index (κ2) is 8.80. The van der Waals surface area contributed by atoms with Crippen molar-refractivity contribution in [2.75, 3.05) is 30.4 Å². The van der Waals surface area contributed by atoms with Gasteiger partial charge in [-0.25, -0.2) is 4.98 Å². The van der Waals surface area contributed by atoms with Gasteiger partial charge in [0, 0.05) is 24.8 Å². The zero-order valence-electron chi connectivity index (χ0n) is 11.9. The van der Waals surface area contributed by atoms with Crippen LogP contribution in [0.5, 0.6) is 0 Å². The van der Waals surface area contributed by atoms with E-state index in [0.29, 0.717) is 18.0 Å². The van der Waals surface area contributed by atoms with Crippen LogP contribution in [-0.4, -0.2) is 36.0 Å². The summed E-state index contributed by atoms with van der Waals surface area (Å²) < 4.78 is 0. The van der Waals surface area contributed by atoms with Gasteiger partial charge in [-0.1, -0.05) is 13.8 Å². The largest absolute Gasteiger partial charge is 0.370 e. The van der Waals surface area contributed by atoms with Gasteiger partial charge in [-0.2, -0.15) is 11.8 Å². The lowest BCUT2D eigenvalue weighted by Gasteiger charge is -2.11. The molecule has 0 radical (unpaired) electrons. The molecule has 5 heteroatoms. The van der Waals surface area contributed by atoms with Crippen LogP contribution in [-0.2, 0) is 0 Å². The average Bonchev–Trinajstić information content (AvgIpc) is 2.43.